The molecule has 1 aliphatic carbocycles. The highest BCUT2D eigenvalue weighted by Crippen LogP contribution is 2.47. The Morgan fingerprint density at radius 2 is 1.57 bits per heavy atom. The second kappa shape index (κ2) is 5.85. The Kier molecular flexibility index (Phi) is 4.81. The SMILES string of the molecule is CC1(C)CC(N2CCCNC(C(C)(C)C)C2)CC(C)(C)C1. The lowest BCUT2D eigenvalue weighted by atomic mass is 9.63. The summed E-state index contributed by atoms with van der Waals surface area (Å²) in [6.07, 6.45) is 5.40. The minimum Gasteiger partial charge on any atom is -0.312 e. The van der Waals surface area contributed by atoms with E-state index in [-0.39, 0.29) is 0 Å². The zero-order chi connectivity index (χ0) is 15.9. The van der Waals surface area contributed by atoms with E-state index in [1.165, 1.54) is 45.3 Å². The fourth-order valence-corrected chi connectivity index (χ4v) is 4.91. The van der Waals surface area contributed by atoms with Crippen molar-refractivity contribution in [3.05, 3.63) is 0 Å². The maximum Gasteiger partial charge on any atom is 0.0243 e. The van der Waals surface area contributed by atoms with E-state index in [1.54, 1.807) is 0 Å². The van der Waals surface area contributed by atoms with Crippen molar-refractivity contribution in [2.75, 3.05) is 19.6 Å². The topological polar surface area (TPSA) is 15.3 Å². The molecular weight excluding hydrogens is 256 g/mol. The Morgan fingerprint density at radius 1 is 1.00 bits per heavy atom. The molecule has 1 saturated carbocycles. The third-order valence-electron chi connectivity index (χ3n) is 5.53. The van der Waals surface area contributed by atoms with Crippen molar-refractivity contribution in [2.45, 2.75) is 86.2 Å². The lowest BCUT2D eigenvalue weighted by Crippen LogP contribution is -2.52. The number of hydrogen-bond acceptors (Lipinski definition) is 2. The van der Waals surface area contributed by atoms with Gasteiger partial charge in [-0.2, -0.15) is 0 Å². The molecule has 1 aliphatic heterocycles. The molecule has 0 bridgehead atoms. The molecule has 1 unspecified atom stereocenters. The summed E-state index contributed by atoms with van der Waals surface area (Å²) in [6.45, 7) is 20.7. The number of nitrogens with zero attached hydrogens (tertiary/aromatic N) is 1. The van der Waals surface area contributed by atoms with Crippen LogP contribution >= 0.6 is 0 Å². The summed E-state index contributed by atoms with van der Waals surface area (Å²) in [5.74, 6) is 0. The van der Waals surface area contributed by atoms with E-state index in [4.69, 9.17) is 0 Å². The van der Waals surface area contributed by atoms with E-state index in [0.29, 0.717) is 22.3 Å². The first kappa shape index (κ1) is 17.3. The maximum absolute atomic E-state index is 3.79. The average Bonchev–Trinajstić information content (AvgIpc) is 2.48. The number of rotatable bonds is 1. The minimum absolute atomic E-state index is 0.349. The zero-order valence-corrected chi connectivity index (χ0v) is 15.6. The standard InChI is InChI=1S/C19H38N2/c1-17(2,3)16-13-21(10-8-9-20-16)15-11-18(4,5)14-19(6,7)12-15/h15-16,20H,8-14H2,1-7H3. The Balaban J connectivity index is 2.11. The summed E-state index contributed by atoms with van der Waals surface area (Å²) in [6, 6.07) is 1.39. The van der Waals surface area contributed by atoms with Crippen molar-refractivity contribution in [3.63, 3.8) is 0 Å². The van der Waals surface area contributed by atoms with Crippen molar-refractivity contribution < 1.29 is 0 Å². The van der Waals surface area contributed by atoms with Gasteiger partial charge in [-0.15, -0.1) is 0 Å². The van der Waals surface area contributed by atoms with Gasteiger partial charge in [0.25, 0.3) is 0 Å². The molecule has 1 atom stereocenters. The van der Waals surface area contributed by atoms with Gasteiger partial charge < -0.3 is 5.32 Å². The fourth-order valence-electron chi connectivity index (χ4n) is 4.91. The minimum atomic E-state index is 0.349. The van der Waals surface area contributed by atoms with Gasteiger partial charge in [0.1, 0.15) is 0 Å². The highest BCUT2D eigenvalue weighted by Gasteiger charge is 2.41. The van der Waals surface area contributed by atoms with Crippen LogP contribution in [-0.4, -0.2) is 36.6 Å². The quantitative estimate of drug-likeness (QED) is 0.775. The van der Waals surface area contributed by atoms with Gasteiger partial charge in [-0.25, -0.2) is 0 Å². The summed E-state index contributed by atoms with van der Waals surface area (Å²) in [5, 5.41) is 3.79. The van der Waals surface area contributed by atoms with E-state index >= 15 is 0 Å². The van der Waals surface area contributed by atoms with Gasteiger partial charge in [-0.3, -0.25) is 4.90 Å². The van der Waals surface area contributed by atoms with Crippen LogP contribution in [0.15, 0.2) is 0 Å². The van der Waals surface area contributed by atoms with Gasteiger partial charge in [0.15, 0.2) is 0 Å². The molecular formula is C19H38N2. The zero-order valence-electron chi connectivity index (χ0n) is 15.6. The van der Waals surface area contributed by atoms with E-state index in [2.05, 4.69) is 58.7 Å². The molecule has 0 aromatic carbocycles. The highest BCUT2D eigenvalue weighted by molar-refractivity contribution is 4.96. The summed E-state index contributed by atoms with van der Waals surface area (Å²) in [5.41, 5.74) is 1.33. The Morgan fingerprint density at radius 3 is 2.10 bits per heavy atom. The third-order valence-corrected chi connectivity index (χ3v) is 5.53. The van der Waals surface area contributed by atoms with Crippen molar-refractivity contribution in [1.82, 2.24) is 10.2 Å². The molecule has 0 aromatic heterocycles. The van der Waals surface area contributed by atoms with E-state index in [0.717, 1.165) is 6.04 Å². The van der Waals surface area contributed by atoms with E-state index in [1.807, 2.05) is 0 Å². The largest absolute Gasteiger partial charge is 0.312 e. The summed E-state index contributed by atoms with van der Waals surface area (Å²) < 4.78 is 0. The van der Waals surface area contributed by atoms with Crippen LogP contribution in [0.4, 0.5) is 0 Å². The molecule has 0 amide bonds. The molecule has 2 aliphatic rings. The first-order chi connectivity index (χ1) is 9.49. The summed E-state index contributed by atoms with van der Waals surface area (Å²) >= 11 is 0. The molecule has 1 heterocycles. The van der Waals surface area contributed by atoms with Gasteiger partial charge in [-0.05, 0) is 55.0 Å². The van der Waals surface area contributed by atoms with Crippen LogP contribution in [0.2, 0.25) is 0 Å². The molecule has 1 saturated heterocycles. The molecule has 1 N–H and O–H groups in total. The van der Waals surface area contributed by atoms with Crippen molar-refractivity contribution in [2.24, 2.45) is 16.2 Å². The van der Waals surface area contributed by atoms with Crippen LogP contribution in [0.25, 0.3) is 0 Å². The lowest BCUT2D eigenvalue weighted by Gasteiger charge is -2.49. The molecule has 2 fully saturated rings. The van der Waals surface area contributed by atoms with Gasteiger partial charge in [0.05, 0.1) is 0 Å². The maximum atomic E-state index is 3.79. The van der Waals surface area contributed by atoms with Crippen LogP contribution in [0.1, 0.15) is 74.1 Å². The first-order valence-electron chi connectivity index (χ1n) is 8.96. The predicted molar refractivity (Wildman–Crippen MR) is 92.6 cm³/mol. The molecule has 0 radical (unpaired) electrons. The third kappa shape index (κ3) is 4.69. The normalized spacial score (nSPS) is 31.9. The molecule has 0 aromatic rings. The number of hydrogen-bond donors (Lipinski definition) is 1. The number of nitrogens with one attached hydrogen (secondary N) is 1. The van der Waals surface area contributed by atoms with Crippen LogP contribution in [-0.2, 0) is 0 Å². The van der Waals surface area contributed by atoms with E-state index in [9.17, 15) is 0 Å². The molecule has 2 nitrogen and oxygen atoms in total. The molecule has 21 heavy (non-hydrogen) atoms. The Bertz CT molecular complexity index is 335. The van der Waals surface area contributed by atoms with Gasteiger partial charge in [0.2, 0.25) is 0 Å². The summed E-state index contributed by atoms with van der Waals surface area (Å²) in [4.78, 5) is 2.82. The molecule has 124 valence electrons. The lowest BCUT2D eigenvalue weighted by molar-refractivity contribution is 0.0188. The predicted octanol–water partition coefficient (Wildman–Crippen LogP) is 4.30. The molecule has 0 spiro atoms. The van der Waals surface area contributed by atoms with Crippen LogP contribution in [0, 0.1) is 16.2 Å². The van der Waals surface area contributed by atoms with Crippen LogP contribution < -0.4 is 5.32 Å². The highest BCUT2D eigenvalue weighted by atomic mass is 15.2. The Hall–Kier alpha value is -0.0800. The molecule has 2 rings (SSSR count). The first-order valence-corrected chi connectivity index (χ1v) is 8.96. The van der Waals surface area contributed by atoms with Gasteiger partial charge in [-0.1, -0.05) is 48.5 Å². The van der Waals surface area contributed by atoms with Gasteiger partial charge in [0, 0.05) is 18.6 Å². The van der Waals surface area contributed by atoms with Crippen molar-refractivity contribution in [3.8, 4) is 0 Å². The molecule has 2 heteroatoms. The van der Waals surface area contributed by atoms with Crippen LogP contribution in [0.3, 0.4) is 0 Å². The summed E-state index contributed by atoms with van der Waals surface area (Å²) in [7, 11) is 0. The second-order valence-corrected chi connectivity index (χ2v) is 10.3. The van der Waals surface area contributed by atoms with Gasteiger partial charge >= 0.3 is 0 Å². The van der Waals surface area contributed by atoms with Crippen molar-refractivity contribution in [1.29, 1.82) is 0 Å². The Labute approximate surface area is 133 Å². The van der Waals surface area contributed by atoms with E-state index < -0.39 is 0 Å². The fraction of sp³-hybridized carbons (Fsp3) is 1.00. The monoisotopic (exact) mass is 294 g/mol. The smallest absolute Gasteiger partial charge is 0.0243 e. The average molecular weight is 295 g/mol. The second-order valence-electron chi connectivity index (χ2n) is 10.3. The van der Waals surface area contributed by atoms with Crippen LogP contribution in [0.5, 0.6) is 0 Å². The van der Waals surface area contributed by atoms with Crippen molar-refractivity contribution >= 4 is 0 Å².